The Morgan fingerprint density at radius 3 is 1.03 bits per heavy atom. The third kappa shape index (κ3) is 22.3. The molecular weight excluding hydrogens is 1900 g/mol. The molecule has 16 heterocycles. The second kappa shape index (κ2) is 41.3. The van der Waals surface area contributed by atoms with Gasteiger partial charge in [-0.05, 0) is 151 Å². The molecule has 710 valence electrons. The Bertz CT molecular complexity index is 6010. The minimum Gasteiger partial charge on any atom is -0.472 e. The molecule has 9 fully saturated rings. The molecule has 8 aromatic heterocycles. The van der Waals surface area contributed by atoms with Gasteiger partial charge in [0.15, 0.2) is 0 Å². The second-order valence-corrected chi connectivity index (χ2v) is 41.9. The number of aryl methyl sites for hydroxylation is 4. The summed E-state index contributed by atoms with van der Waals surface area (Å²) in [4.78, 5) is 78.3. The number of rotatable bonds is 13. The van der Waals surface area contributed by atoms with Gasteiger partial charge in [0.2, 0.25) is 23.5 Å². The molecule has 0 spiro atoms. The molecule has 39 heteroatoms. The van der Waals surface area contributed by atoms with Crippen LogP contribution in [0.15, 0.2) is 124 Å². The lowest BCUT2D eigenvalue weighted by Gasteiger charge is -2.46. The van der Waals surface area contributed by atoms with Gasteiger partial charge in [-0.1, -0.05) is 48.5 Å². The molecule has 0 radical (unpaired) electrons. The summed E-state index contributed by atoms with van der Waals surface area (Å²) in [6, 6.07) is 19.9. The van der Waals surface area contributed by atoms with E-state index in [1.807, 2.05) is 115 Å². The van der Waals surface area contributed by atoms with Crippen LogP contribution in [0.2, 0.25) is 0 Å². The van der Waals surface area contributed by atoms with Crippen molar-refractivity contribution >= 4 is 145 Å². The second-order valence-electron chi connectivity index (χ2n) is 37.5. The van der Waals surface area contributed by atoms with Crippen LogP contribution in [0.25, 0.3) is 74.2 Å². The lowest BCUT2D eigenvalue weighted by Crippen LogP contribution is -2.59. The monoisotopic (exact) mass is 2000 g/mol. The molecule has 4 aromatic carbocycles. The van der Waals surface area contributed by atoms with E-state index in [0.29, 0.717) is 155 Å². The lowest BCUT2D eigenvalue weighted by molar-refractivity contribution is -0.113. The number of ether oxygens (including phenoxy) is 11. The van der Waals surface area contributed by atoms with Crippen LogP contribution in [-0.2, 0) is 33.2 Å². The highest BCUT2D eigenvalue weighted by Gasteiger charge is 2.50. The normalized spacial score (nSPS) is 23.1. The highest BCUT2D eigenvalue weighted by molar-refractivity contribution is 9.10. The van der Waals surface area contributed by atoms with Crippen molar-refractivity contribution in [3.05, 3.63) is 170 Å². The van der Waals surface area contributed by atoms with E-state index in [2.05, 4.69) is 61.1 Å². The van der Waals surface area contributed by atoms with Crippen LogP contribution in [0.1, 0.15) is 83.6 Å². The van der Waals surface area contributed by atoms with Crippen molar-refractivity contribution in [2.45, 2.75) is 130 Å². The Morgan fingerprint density at radius 2 is 0.716 bits per heavy atom. The van der Waals surface area contributed by atoms with Crippen LogP contribution in [-0.4, -0.2) is 236 Å². The molecule has 8 saturated heterocycles. The maximum atomic E-state index is 14.7. The zero-order chi connectivity index (χ0) is 93.5. The van der Waals surface area contributed by atoms with E-state index < -0.39 is 24.1 Å². The molecule has 9 aliphatic rings. The summed E-state index contributed by atoms with van der Waals surface area (Å²) in [5.74, 6) is 1.64. The number of carbonyl (C=O) groups excluding carboxylic acids is 3. The number of piperidine rings is 4. The average Bonchev–Trinajstić information content (AvgIpc) is 1.06. The summed E-state index contributed by atoms with van der Waals surface area (Å²) >= 11 is 9.46. The van der Waals surface area contributed by atoms with Crippen LogP contribution < -0.4 is 29.7 Å². The van der Waals surface area contributed by atoms with Gasteiger partial charge in [0, 0.05) is 160 Å². The molecule has 8 aliphatic heterocycles. The highest BCUT2D eigenvalue weighted by Crippen LogP contribution is 2.47. The highest BCUT2D eigenvalue weighted by atomic mass is 79.9. The molecule has 12 aromatic rings. The molecule has 1 aliphatic carbocycles. The number of likely N-dealkylation sites (tertiary alicyclic amines) is 3. The molecule has 8 atom stereocenters. The third-order valence-electron chi connectivity index (χ3n) is 24.7. The van der Waals surface area contributed by atoms with E-state index in [1.165, 1.54) is 83.6 Å². The number of aromatic nitrogens is 8. The smallest absolute Gasteiger partial charge is 0.472 e. The summed E-state index contributed by atoms with van der Waals surface area (Å²) in [5.41, 5.74) is 8.74. The topological polar surface area (TPSA) is 318 Å². The number of carbonyl (C=O) groups is 3. The van der Waals surface area contributed by atoms with Crippen molar-refractivity contribution in [2.75, 3.05) is 105 Å². The Morgan fingerprint density at radius 1 is 0.425 bits per heavy atom. The Kier molecular flexibility index (Phi) is 30.0. The predicted octanol–water partition coefficient (Wildman–Crippen LogP) is 17.3. The van der Waals surface area contributed by atoms with Crippen molar-refractivity contribution in [3.8, 4) is 56.9 Å². The van der Waals surface area contributed by atoms with Crippen LogP contribution >= 0.6 is 73.7 Å². The number of nitrogens with one attached hydrogen (secondary N) is 1. The number of amides is 3. The van der Waals surface area contributed by atoms with Crippen molar-refractivity contribution in [1.82, 2.24) is 59.9 Å². The zero-order valence-electron chi connectivity index (χ0n) is 75.7. The minimum atomic E-state index is -1.73. The molecule has 134 heavy (non-hydrogen) atoms. The molecule has 3 N–H and O–H groups in total. The first-order valence-corrected chi connectivity index (χ1v) is 48.6. The fourth-order valence-electron chi connectivity index (χ4n) is 17.9. The van der Waals surface area contributed by atoms with Gasteiger partial charge in [-0.3, -0.25) is 0 Å². The van der Waals surface area contributed by atoms with Gasteiger partial charge in [-0.2, -0.15) is 0 Å². The summed E-state index contributed by atoms with van der Waals surface area (Å²) in [7, 11) is -1.73. The molecule has 1 saturated carbocycles. The van der Waals surface area contributed by atoms with Gasteiger partial charge in [-0.25, -0.2) is 71.8 Å². The zero-order valence-corrected chi connectivity index (χ0v) is 81.4. The number of fused-ring (bicyclic) bond motifs is 12. The molecule has 3 amide bonds. The fourth-order valence-corrected chi connectivity index (χ4v) is 22.3. The molecule has 28 nitrogen and oxygen atoms in total. The van der Waals surface area contributed by atoms with Gasteiger partial charge in [0.25, 0.3) is 0 Å². The number of hydrogen-bond acceptors (Lipinski definition) is 29. The van der Waals surface area contributed by atoms with E-state index in [4.69, 9.17) is 62.2 Å². The van der Waals surface area contributed by atoms with Crippen molar-refractivity contribution < 1.29 is 94.1 Å². The number of nitrogens with zero attached hydrogens (tertiary/aromatic N) is 11. The van der Waals surface area contributed by atoms with E-state index in [1.54, 1.807) is 57.2 Å². The van der Waals surface area contributed by atoms with E-state index in [0.717, 1.165) is 99.2 Å². The summed E-state index contributed by atoms with van der Waals surface area (Å²) in [5, 5.41) is 28.4. The predicted molar refractivity (Wildman–Crippen MR) is 509 cm³/mol. The van der Waals surface area contributed by atoms with E-state index in [9.17, 15) is 31.9 Å². The van der Waals surface area contributed by atoms with Crippen molar-refractivity contribution in [2.24, 2.45) is 47.3 Å². The maximum Gasteiger partial charge on any atom is 0.491 e. The minimum absolute atomic E-state index is 0. The van der Waals surface area contributed by atoms with Crippen LogP contribution in [0.4, 0.5) is 31.9 Å². The van der Waals surface area contributed by atoms with E-state index >= 15 is 0 Å². The van der Waals surface area contributed by atoms with Crippen LogP contribution in [0, 0.1) is 98.3 Å². The first kappa shape index (κ1) is 97.4. The number of hydrogen-bond donors (Lipinski definition) is 3. The third-order valence-corrected chi connectivity index (χ3v) is 29.4. The Labute approximate surface area is 803 Å². The van der Waals surface area contributed by atoms with Crippen LogP contribution in [0.5, 0.6) is 23.5 Å². The Hall–Kier alpha value is -9.68. The summed E-state index contributed by atoms with van der Waals surface area (Å²) < 4.78 is 126. The summed E-state index contributed by atoms with van der Waals surface area (Å²) in [6.07, 6.45) is 6.74. The fraction of sp³-hybridized carbons (Fsp3) is 0.463. The maximum absolute atomic E-state index is 14.7. The SMILES string of the molecule is CC(C)(C)OC(=O)N1CC2COCC(C1)C2Oc1ncnc2c(Br)csc12.Cc1ccc(-c2csc3c(OC4C5CNCC4COC5)ncnc23)c(F)c1.Cc1ccc(-c2csc3c(OC4C5COCC4CN(C(=O)OC(C)(C)C)C5)ncnc23)c(F)c1.Cc1ccc(-c2csc3c(OC4C5COCC4CN(C(=O)OC4(C)CC4)C5)ncnc23)c(F)c1.Cc1ccc(B(O)O)c(F)c1.Cl. The van der Waals surface area contributed by atoms with Gasteiger partial charge in [0.1, 0.15) is 114 Å². The van der Waals surface area contributed by atoms with Crippen LogP contribution in [0.3, 0.4) is 0 Å². The average molecular weight is 2000 g/mol. The van der Waals surface area contributed by atoms with Gasteiger partial charge >= 0.3 is 25.4 Å². The number of thiophene rings is 4. The summed E-state index contributed by atoms with van der Waals surface area (Å²) in [6.45, 7) is 30.0. The lowest BCUT2D eigenvalue weighted by atomic mass is 9.79. The van der Waals surface area contributed by atoms with E-state index in [-0.39, 0.29) is 119 Å². The first-order chi connectivity index (χ1) is 63.7. The first-order valence-electron chi connectivity index (χ1n) is 44.3. The van der Waals surface area contributed by atoms with Gasteiger partial charge in [-0.15, -0.1) is 57.8 Å². The van der Waals surface area contributed by atoms with Gasteiger partial charge < -0.3 is 82.2 Å². The largest absolute Gasteiger partial charge is 0.491 e. The number of halogens is 6. The Balaban J connectivity index is 0.000000125. The molecular formula is C95H105BBrClF4N12O16S4. The molecule has 8 bridgehead atoms. The van der Waals surface area contributed by atoms with Crippen molar-refractivity contribution in [1.29, 1.82) is 0 Å². The molecule has 21 rings (SSSR count). The quantitative estimate of drug-likeness (QED) is 0.0548. The van der Waals surface area contributed by atoms with Crippen molar-refractivity contribution in [3.63, 3.8) is 0 Å². The standard InChI is InChI=1S/C25H26FN3O4S.C25H28FN3O4S.C20H20FN3O2S.C18H22BrN3O4S.C7H8BFO2.ClH/c1-14-3-4-17(19(26)7-14)18-12-34-22-20(18)27-13-28-23(22)32-21-15-8-29(9-16(21)11-31-10-15)24(30)33-25(2)5-6-25;1-14-5-6-17(19(26)7-14)18-12-34-22-20(18)27-13-28-23(22)32-21-15-8-29(9-16(21)11-31-10-15)24(30)33-25(2,3)4;1-11-2-3-14(16(21)4-11)15-9-27-19-17(15)23-10-24-20(19)26-18-12-5-22-6-13(18)8-25-7-12;1-18(2,3)26-17(23)22-4-10-6-24-7-11(5-22)14(10)25-16-15-13(20-9-21-16)12(19)8-27-15;1-5-2-3-6(8(10)11)7(9)4-5;/h3-4,7,12-13,15-16,21H,5-6,8-11H2,1-2H3;5-7,12-13,15-16,21H,8-11H2,1-4H3;2-4,9-10,12-13,18,22H,5-8H2,1H3;8-11,14H,4-7H2,1-3H3;2-4,10-11H,1H3;1H. The van der Waals surface area contributed by atoms with Gasteiger partial charge in [0.05, 0.1) is 73.9 Å². The number of benzene rings is 4. The molecule has 8 unspecified atom stereocenters.